The summed E-state index contributed by atoms with van der Waals surface area (Å²) in [7, 11) is 0. The van der Waals surface area contributed by atoms with E-state index < -0.39 is 15.9 Å². The molecule has 128 valence electrons. The highest BCUT2D eigenvalue weighted by Crippen LogP contribution is 2.49. The number of aryl methyl sites for hydroxylation is 1. The molecule has 1 heterocycles. The van der Waals surface area contributed by atoms with Gasteiger partial charge in [-0.25, -0.2) is 4.98 Å². The topological polar surface area (TPSA) is 36.0 Å². The zero-order valence-corrected chi connectivity index (χ0v) is 16.1. The van der Waals surface area contributed by atoms with E-state index in [0.717, 1.165) is 16.8 Å². The van der Waals surface area contributed by atoms with Gasteiger partial charge in [-0.15, -0.1) is 11.3 Å². The normalized spacial score (nSPS) is 16.0. The van der Waals surface area contributed by atoms with Gasteiger partial charge in [0.05, 0.1) is 11.3 Å². The standard InChI is InChI=1S/C21H21NOS2/c1-15-19(22-20(24-15)16-13-14-16)21(25(2)23,17-9-5-3-6-10-17)18-11-7-4-8-12-18/h3-12,16H,13-14H2,1-2H3. The molecule has 1 aliphatic rings. The molecule has 1 aromatic heterocycles. The minimum Gasteiger partial charge on any atom is -0.615 e. The molecule has 25 heavy (non-hydrogen) atoms. The molecule has 1 unspecified atom stereocenters. The predicted octanol–water partition coefficient (Wildman–Crippen LogP) is 5.00. The Bertz CT molecular complexity index is 815. The van der Waals surface area contributed by atoms with E-state index in [-0.39, 0.29) is 0 Å². The third-order valence-electron chi connectivity index (χ3n) is 4.87. The minimum absolute atomic E-state index is 0.604. The summed E-state index contributed by atoms with van der Waals surface area (Å²) in [6.07, 6.45) is 4.26. The Hall–Kier alpha value is -1.62. The molecule has 0 spiro atoms. The average Bonchev–Trinajstić information content (AvgIpc) is 3.41. The van der Waals surface area contributed by atoms with Crippen molar-refractivity contribution in [3.63, 3.8) is 0 Å². The van der Waals surface area contributed by atoms with E-state index in [1.807, 2.05) is 36.4 Å². The Labute approximate surface area is 156 Å². The molecular weight excluding hydrogens is 346 g/mol. The van der Waals surface area contributed by atoms with Crippen molar-refractivity contribution < 1.29 is 4.55 Å². The Balaban J connectivity index is 2.01. The summed E-state index contributed by atoms with van der Waals surface area (Å²) < 4.78 is 12.6. The van der Waals surface area contributed by atoms with E-state index >= 15 is 0 Å². The highest BCUT2D eigenvalue weighted by Gasteiger charge is 2.49. The molecule has 0 bridgehead atoms. The van der Waals surface area contributed by atoms with Crippen LogP contribution in [0.15, 0.2) is 60.7 Å². The minimum atomic E-state index is -1.16. The monoisotopic (exact) mass is 367 g/mol. The highest BCUT2D eigenvalue weighted by atomic mass is 32.2. The second-order valence-electron chi connectivity index (χ2n) is 6.60. The molecule has 4 rings (SSSR count). The molecule has 0 radical (unpaired) electrons. The summed E-state index contributed by atoms with van der Waals surface area (Å²) in [5, 5.41) is 1.20. The first kappa shape index (κ1) is 16.8. The van der Waals surface area contributed by atoms with Crippen molar-refractivity contribution in [2.75, 3.05) is 6.26 Å². The van der Waals surface area contributed by atoms with Gasteiger partial charge in [0.1, 0.15) is 5.69 Å². The molecule has 1 atom stereocenters. The Kier molecular flexibility index (Phi) is 4.44. The maximum absolute atomic E-state index is 13.3. The summed E-state index contributed by atoms with van der Waals surface area (Å²) >= 11 is 0.613. The van der Waals surface area contributed by atoms with Crippen LogP contribution in [0.1, 0.15) is 45.5 Å². The van der Waals surface area contributed by atoms with Crippen LogP contribution in [0.4, 0.5) is 0 Å². The van der Waals surface area contributed by atoms with Crippen molar-refractivity contribution in [1.82, 2.24) is 4.98 Å². The Morgan fingerprint density at radius 2 is 1.52 bits per heavy atom. The van der Waals surface area contributed by atoms with Crippen LogP contribution >= 0.6 is 11.3 Å². The summed E-state index contributed by atoms with van der Waals surface area (Å²) in [6.45, 7) is 2.12. The number of thiazole rings is 1. The second-order valence-corrected chi connectivity index (χ2v) is 9.35. The second kappa shape index (κ2) is 6.60. The fraction of sp³-hybridized carbons (Fsp3) is 0.286. The van der Waals surface area contributed by atoms with Crippen LogP contribution in [0, 0.1) is 6.92 Å². The molecule has 0 aliphatic heterocycles. The molecule has 2 aromatic carbocycles. The van der Waals surface area contributed by atoms with Gasteiger partial charge in [-0.05, 0) is 30.9 Å². The fourth-order valence-corrected chi connectivity index (χ4v) is 6.12. The van der Waals surface area contributed by atoms with Crippen LogP contribution in [0.25, 0.3) is 0 Å². The van der Waals surface area contributed by atoms with Crippen LogP contribution in [0.2, 0.25) is 0 Å². The molecule has 0 amide bonds. The zero-order chi connectivity index (χ0) is 17.4. The van der Waals surface area contributed by atoms with Crippen LogP contribution in [0.3, 0.4) is 0 Å². The van der Waals surface area contributed by atoms with Gasteiger partial charge in [-0.1, -0.05) is 60.7 Å². The lowest BCUT2D eigenvalue weighted by Gasteiger charge is -2.34. The van der Waals surface area contributed by atoms with Gasteiger partial charge >= 0.3 is 0 Å². The quantitative estimate of drug-likeness (QED) is 0.595. The van der Waals surface area contributed by atoms with Crippen LogP contribution in [-0.2, 0) is 15.9 Å². The largest absolute Gasteiger partial charge is 0.615 e. The summed E-state index contributed by atoms with van der Waals surface area (Å²) in [4.78, 5) is 6.21. The van der Waals surface area contributed by atoms with E-state index in [4.69, 9.17) is 4.98 Å². The zero-order valence-electron chi connectivity index (χ0n) is 14.4. The molecule has 4 heteroatoms. The van der Waals surface area contributed by atoms with E-state index in [0.29, 0.717) is 5.92 Å². The molecule has 1 fully saturated rings. The lowest BCUT2D eigenvalue weighted by molar-refractivity contribution is 0.574. The Morgan fingerprint density at radius 3 is 1.96 bits per heavy atom. The number of rotatable bonds is 5. The van der Waals surface area contributed by atoms with Gasteiger partial charge in [-0.3, -0.25) is 0 Å². The summed E-state index contributed by atoms with van der Waals surface area (Å²) in [5.41, 5.74) is 3.04. The first-order valence-corrected chi connectivity index (χ1v) is 10.9. The van der Waals surface area contributed by atoms with Crippen molar-refractivity contribution in [2.45, 2.75) is 30.4 Å². The molecule has 0 N–H and O–H groups in total. The molecule has 0 saturated heterocycles. The third kappa shape index (κ3) is 2.82. The molecule has 1 aliphatic carbocycles. The fourth-order valence-electron chi connectivity index (χ4n) is 3.50. The Morgan fingerprint density at radius 1 is 1.00 bits per heavy atom. The van der Waals surface area contributed by atoms with Crippen LogP contribution < -0.4 is 0 Å². The van der Waals surface area contributed by atoms with Crippen molar-refractivity contribution in [3.05, 3.63) is 87.4 Å². The van der Waals surface area contributed by atoms with Gasteiger partial charge in [0.2, 0.25) is 4.75 Å². The smallest absolute Gasteiger partial charge is 0.218 e. The summed E-state index contributed by atoms with van der Waals surface area (Å²) in [6, 6.07) is 20.4. The van der Waals surface area contributed by atoms with Gasteiger partial charge in [0.25, 0.3) is 0 Å². The predicted molar refractivity (Wildman–Crippen MR) is 106 cm³/mol. The van der Waals surface area contributed by atoms with E-state index in [9.17, 15) is 4.55 Å². The molecule has 1 saturated carbocycles. The van der Waals surface area contributed by atoms with Crippen molar-refractivity contribution in [3.8, 4) is 0 Å². The van der Waals surface area contributed by atoms with Gasteiger partial charge < -0.3 is 4.55 Å². The molecule has 3 aromatic rings. The number of aromatic nitrogens is 1. The number of nitrogens with zero attached hydrogens (tertiary/aromatic N) is 1. The van der Waals surface area contributed by atoms with Gasteiger partial charge in [0, 0.05) is 21.9 Å². The SMILES string of the molecule is Cc1sc(C2CC2)nc1C(c1ccccc1)(c1ccccc1)[S+](C)[O-]. The average molecular weight is 368 g/mol. The molecule has 2 nitrogen and oxygen atoms in total. The molecular formula is C21H21NOS2. The third-order valence-corrected chi connectivity index (χ3v) is 7.53. The van der Waals surface area contributed by atoms with Gasteiger partial charge in [0.15, 0.2) is 0 Å². The van der Waals surface area contributed by atoms with E-state index in [2.05, 4.69) is 31.2 Å². The van der Waals surface area contributed by atoms with E-state index in [1.165, 1.54) is 22.7 Å². The number of benzene rings is 2. The van der Waals surface area contributed by atoms with E-state index in [1.54, 1.807) is 17.6 Å². The lowest BCUT2D eigenvalue weighted by atomic mass is 9.87. The van der Waals surface area contributed by atoms with Crippen LogP contribution in [0.5, 0.6) is 0 Å². The first-order chi connectivity index (χ1) is 12.1. The van der Waals surface area contributed by atoms with Gasteiger partial charge in [-0.2, -0.15) is 0 Å². The first-order valence-electron chi connectivity index (χ1n) is 8.56. The lowest BCUT2D eigenvalue weighted by Crippen LogP contribution is -2.38. The maximum Gasteiger partial charge on any atom is 0.218 e. The van der Waals surface area contributed by atoms with Crippen LogP contribution in [-0.4, -0.2) is 15.8 Å². The summed E-state index contributed by atoms with van der Waals surface area (Å²) in [5.74, 6) is 0.604. The number of hydrogen-bond acceptors (Lipinski definition) is 3. The highest BCUT2D eigenvalue weighted by molar-refractivity contribution is 7.92. The van der Waals surface area contributed by atoms with Crippen molar-refractivity contribution in [1.29, 1.82) is 0 Å². The van der Waals surface area contributed by atoms with Crippen molar-refractivity contribution in [2.24, 2.45) is 0 Å². The number of hydrogen-bond donors (Lipinski definition) is 0. The maximum atomic E-state index is 13.3. The van der Waals surface area contributed by atoms with Crippen molar-refractivity contribution >= 4 is 22.5 Å².